The molecule has 0 bridgehead atoms. The van der Waals surface area contributed by atoms with Crippen LogP contribution in [0.3, 0.4) is 0 Å². The molecule has 1 fully saturated rings. The average molecular weight is 532 g/mol. The highest BCUT2D eigenvalue weighted by Gasteiger charge is 2.31. The second-order valence-electron chi connectivity index (χ2n) is 9.44. The summed E-state index contributed by atoms with van der Waals surface area (Å²) in [6.07, 6.45) is 1.01. The lowest BCUT2D eigenvalue weighted by Gasteiger charge is -2.30. The molecule has 37 heavy (non-hydrogen) atoms. The van der Waals surface area contributed by atoms with Crippen molar-refractivity contribution in [1.29, 1.82) is 0 Å². The van der Waals surface area contributed by atoms with Gasteiger partial charge in [-0.15, -0.1) is 10.2 Å². The smallest absolute Gasteiger partial charge is 0.382 e. The first kappa shape index (κ1) is 25.3. The van der Waals surface area contributed by atoms with Crippen LogP contribution in [0, 0.1) is 0 Å². The SMILES string of the molecule is CN1CCC(Nc2cccc3c2cc(-c2nnc(CNC(=O)c4ccn(C)c4)s2)n3CC(F)(F)F)CC1. The van der Waals surface area contributed by atoms with Gasteiger partial charge in [-0.3, -0.25) is 4.79 Å². The van der Waals surface area contributed by atoms with Gasteiger partial charge in [-0.05, 0) is 57.2 Å². The molecule has 0 atom stereocenters. The zero-order chi connectivity index (χ0) is 26.2. The summed E-state index contributed by atoms with van der Waals surface area (Å²) in [5, 5.41) is 16.2. The number of benzene rings is 1. The fourth-order valence-electron chi connectivity index (χ4n) is 4.63. The number of likely N-dealkylation sites (tertiary alicyclic amines) is 1. The van der Waals surface area contributed by atoms with Gasteiger partial charge < -0.3 is 24.7 Å². The van der Waals surface area contributed by atoms with E-state index < -0.39 is 12.7 Å². The summed E-state index contributed by atoms with van der Waals surface area (Å²) in [5.74, 6) is -0.256. The zero-order valence-electron chi connectivity index (χ0n) is 20.5. The number of aryl methyl sites for hydroxylation is 1. The van der Waals surface area contributed by atoms with Crippen molar-refractivity contribution in [3.05, 3.63) is 53.3 Å². The Hall–Kier alpha value is -3.38. The number of halogens is 3. The third kappa shape index (κ3) is 5.80. The van der Waals surface area contributed by atoms with E-state index in [1.54, 1.807) is 41.2 Å². The predicted molar refractivity (Wildman–Crippen MR) is 138 cm³/mol. The summed E-state index contributed by atoms with van der Waals surface area (Å²) in [6.45, 7) is 0.946. The van der Waals surface area contributed by atoms with E-state index in [-0.39, 0.29) is 18.5 Å². The lowest BCUT2D eigenvalue weighted by Crippen LogP contribution is -2.36. The Balaban J connectivity index is 1.42. The summed E-state index contributed by atoms with van der Waals surface area (Å²) < 4.78 is 43.8. The number of rotatable bonds is 7. The topological polar surface area (TPSA) is 80.0 Å². The molecule has 12 heteroatoms. The molecule has 1 aliphatic rings. The molecule has 3 aromatic heterocycles. The van der Waals surface area contributed by atoms with Gasteiger partial charge >= 0.3 is 6.18 Å². The van der Waals surface area contributed by atoms with E-state index in [2.05, 4.69) is 32.8 Å². The van der Waals surface area contributed by atoms with Crippen LogP contribution in [0.4, 0.5) is 18.9 Å². The molecule has 8 nitrogen and oxygen atoms in total. The number of hydrogen-bond donors (Lipinski definition) is 2. The summed E-state index contributed by atoms with van der Waals surface area (Å²) in [6, 6.07) is 9.11. The molecule has 4 aromatic rings. The fraction of sp³-hybridized carbons (Fsp3) is 0.400. The second-order valence-corrected chi connectivity index (χ2v) is 10.5. The molecule has 5 rings (SSSR count). The molecular formula is C25H28F3N7OS. The number of anilines is 1. The number of nitrogens with one attached hydrogen (secondary N) is 2. The van der Waals surface area contributed by atoms with E-state index in [1.807, 2.05) is 13.1 Å². The van der Waals surface area contributed by atoms with Crippen molar-refractivity contribution in [2.24, 2.45) is 7.05 Å². The van der Waals surface area contributed by atoms with Crippen LogP contribution in [0.5, 0.6) is 0 Å². The molecule has 0 aliphatic carbocycles. The van der Waals surface area contributed by atoms with E-state index in [4.69, 9.17) is 0 Å². The van der Waals surface area contributed by atoms with Crippen LogP contribution < -0.4 is 10.6 Å². The van der Waals surface area contributed by atoms with Gasteiger partial charge in [-0.1, -0.05) is 17.4 Å². The second kappa shape index (κ2) is 10.2. The molecule has 4 heterocycles. The van der Waals surface area contributed by atoms with Gasteiger partial charge in [-0.25, -0.2) is 0 Å². The molecule has 1 saturated heterocycles. The van der Waals surface area contributed by atoms with Crippen LogP contribution in [-0.4, -0.2) is 62.5 Å². The molecule has 0 spiro atoms. The van der Waals surface area contributed by atoms with Gasteiger partial charge in [0.2, 0.25) is 0 Å². The number of piperidine rings is 1. The summed E-state index contributed by atoms with van der Waals surface area (Å²) in [5.41, 5.74) is 2.17. The van der Waals surface area contributed by atoms with Crippen LogP contribution in [0.15, 0.2) is 42.7 Å². The molecular weight excluding hydrogens is 503 g/mol. The highest BCUT2D eigenvalue weighted by Crippen LogP contribution is 2.36. The maximum absolute atomic E-state index is 13.6. The van der Waals surface area contributed by atoms with Crippen molar-refractivity contribution in [2.45, 2.75) is 38.1 Å². The van der Waals surface area contributed by atoms with E-state index in [0.29, 0.717) is 26.8 Å². The maximum Gasteiger partial charge on any atom is 0.406 e. The monoisotopic (exact) mass is 531 g/mol. The highest BCUT2D eigenvalue weighted by atomic mass is 32.1. The Morgan fingerprint density at radius 3 is 2.65 bits per heavy atom. The Kier molecular flexibility index (Phi) is 6.95. The first-order valence-corrected chi connectivity index (χ1v) is 12.8. The number of carbonyl (C=O) groups excluding carboxylic acids is 1. The number of fused-ring (bicyclic) bond motifs is 1. The number of aromatic nitrogens is 4. The molecule has 0 radical (unpaired) electrons. The van der Waals surface area contributed by atoms with E-state index >= 15 is 0 Å². The number of carbonyl (C=O) groups is 1. The Morgan fingerprint density at radius 2 is 1.95 bits per heavy atom. The Bertz CT molecular complexity index is 1400. The fourth-order valence-corrected chi connectivity index (χ4v) is 5.44. The van der Waals surface area contributed by atoms with Crippen LogP contribution in [-0.2, 0) is 20.1 Å². The van der Waals surface area contributed by atoms with Crippen molar-refractivity contribution in [2.75, 3.05) is 25.5 Å². The zero-order valence-corrected chi connectivity index (χ0v) is 21.4. The van der Waals surface area contributed by atoms with E-state index in [0.717, 1.165) is 37.0 Å². The minimum absolute atomic E-state index is 0.133. The first-order valence-electron chi connectivity index (χ1n) is 12.0. The molecule has 1 amide bonds. The minimum atomic E-state index is -4.41. The van der Waals surface area contributed by atoms with Crippen molar-refractivity contribution in [3.63, 3.8) is 0 Å². The lowest BCUT2D eigenvalue weighted by atomic mass is 10.0. The number of amides is 1. The van der Waals surface area contributed by atoms with Gasteiger partial charge in [-0.2, -0.15) is 13.2 Å². The standard InChI is InChI=1S/C25H28F3N7OS/c1-33-10-7-17(8-11-33)30-19-4-3-5-20-18(19)12-21(35(20)15-25(26,27)28)24-32-31-22(37-24)13-29-23(36)16-6-9-34(2)14-16/h3-6,9,12,14,17,30H,7-8,10-11,13,15H2,1-2H3,(H,29,36). The quantitative estimate of drug-likeness (QED) is 0.367. The lowest BCUT2D eigenvalue weighted by molar-refractivity contribution is -0.139. The summed E-state index contributed by atoms with van der Waals surface area (Å²) in [7, 11) is 3.91. The van der Waals surface area contributed by atoms with Gasteiger partial charge in [0, 0.05) is 36.6 Å². The van der Waals surface area contributed by atoms with Crippen LogP contribution in [0.2, 0.25) is 0 Å². The molecule has 0 unspecified atom stereocenters. The van der Waals surface area contributed by atoms with E-state index in [9.17, 15) is 18.0 Å². The molecule has 2 N–H and O–H groups in total. The van der Waals surface area contributed by atoms with Crippen molar-refractivity contribution < 1.29 is 18.0 Å². The maximum atomic E-state index is 13.6. The third-order valence-electron chi connectivity index (χ3n) is 6.54. The molecule has 1 aliphatic heterocycles. The summed E-state index contributed by atoms with van der Waals surface area (Å²) >= 11 is 1.17. The number of alkyl halides is 3. The normalized spacial score (nSPS) is 15.4. The van der Waals surface area contributed by atoms with Crippen LogP contribution in [0.1, 0.15) is 28.2 Å². The van der Waals surface area contributed by atoms with Gasteiger partial charge in [0.1, 0.15) is 11.6 Å². The van der Waals surface area contributed by atoms with Crippen LogP contribution >= 0.6 is 11.3 Å². The Morgan fingerprint density at radius 1 is 1.16 bits per heavy atom. The molecule has 0 saturated carbocycles. The van der Waals surface area contributed by atoms with Gasteiger partial charge in [0.15, 0.2) is 5.01 Å². The molecule has 196 valence electrons. The largest absolute Gasteiger partial charge is 0.406 e. The Labute approximate surface area is 216 Å². The van der Waals surface area contributed by atoms with Crippen molar-refractivity contribution in [3.8, 4) is 10.7 Å². The first-order chi connectivity index (χ1) is 17.7. The van der Waals surface area contributed by atoms with Gasteiger partial charge in [0.05, 0.1) is 23.3 Å². The third-order valence-corrected chi connectivity index (χ3v) is 7.49. The average Bonchev–Trinajstić information content (AvgIpc) is 3.58. The van der Waals surface area contributed by atoms with E-state index in [1.165, 1.54) is 15.9 Å². The minimum Gasteiger partial charge on any atom is -0.382 e. The van der Waals surface area contributed by atoms with Crippen LogP contribution in [0.25, 0.3) is 21.6 Å². The highest BCUT2D eigenvalue weighted by molar-refractivity contribution is 7.14. The van der Waals surface area contributed by atoms with Crippen molar-refractivity contribution >= 4 is 33.8 Å². The number of nitrogens with zero attached hydrogens (tertiary/aromatic N) is 5. The van der Waals surface area contributed by atoms with Gasteiger partial charge in [0.25, 0.3) is 5.91 Å². The number of hydrogen-bond acceptors (Lipinski definition) is 6. The molecule has 1 aromatic carbocycles. The van der Waals surface area contributed by atoms with Crippen molar-refractivity contribution in [1.82, 2.24) is 29.5 Å². The predicted octanol–water partition coefficient (Wildman–Crippen LogP) is 4.50. The summed E-state index contributed by atoms with van der Waals surface area (Å²) in [4.78, 5) is 14.6.